The summed E-state index contributed by atoms with van der Waals surface area (Å²) >= 11 is 0. The molecule has 0 atom stereocenters. The molecule has 1 heterocycles. The van der Waals surface area contributed by atoms with Crippen LogP contribution in [0.3, 0.4) is 0 Å². The van der Waals surface area contributed by atoms with Crippen molar-refractivity contribution >= 4 is 11.6 Å². The minimum atomic E-state index is -0.0617. The van der Waals surface area contributed by atoms with Crippen molar-refractivity contribution in [2.75, 3.05) is 19.0 Å². The minimum Gasteiger partial charge on any atom is -0.494 e. The number of ketones is 1. The van der Waals surface area contributed by atoms with Gasteiger partial charge in [-0.1, -0.05) is 25.5 Å². The molecular weight excluding hydrogens is 264 g/mol. The number of carbonyl (C=O) groups is 1. The number of aromatic nitrogens is 1. The Labute approximate surface area is 125 Å². The van der Waals surface area contributed by atoms with Crippen LogP contribution in [0.1, 0.15) is 35.7 Å². The predicted octanol–water partition coefficient (Wildman–Crippen LogP) is 3.53. The number of anilines is 1. The van der Waals surface area contributed by atoms with Gasteiger partial charge in [-0.05, 0) is 30.7 Å². The smallest absolute Gasteiger partial charge is 0.196 e. The summed E-state index contributed by atoms with van der Waals surface area (Å²) in [5, 5.41) is 2.94. The van der Waals surface area contributed by atoms with Gasteiger partial charge in [-0.15, -0.1) is 0 Å². The third-order valence-corrected chi connectivity index (χ3v) is 3.15. The fraction of sp³-hybridized carbons (Fsp3) is 0.294. The number of ether oxygens (including phenoxy) is 1. The van der Waals surface area contributed by atoms with Crippen molar-refractivity contribution in [2.45, 2.75) is 19.8 Å². The molecule has 0 bridgehead atoms. The SMILES string of the molecule is CCCCOc1cccc(C(=O)c2cccnc2NC)c1. The van der Waals surface area contributed by atoms with Gasteiger partial charge in [-0.25, -0.2) is 4.98 Å². The van der Waals surface area contributed by atoms with Crippen molar-refractivity contribution in [2.24, 2.45) is 0 Å². The van der Waals surface area contributed by atoms with E-state index in [1.807, 2.05) is 12.1 Å². The van der Waals surface area contributed by atoms with Gasteiger partial charge in [0, 0.05) is 18.8 Å². The lowest BCUT2D eigenvalue weighted by molar-refractivity contribution is 0.103. The summed E-state index contributed by atoms with van der Waals surface area (Å²) in [4.78, 5) is 16.7. The molecule has 0 aliphatic rings. The minimum absolute atomic E-state index is 0.0617. The number of nitrogens with zero attached hydrogens (tertiary/aromatic N) is 1. The predicted molar refractivity (Wildman–Crippen MR) is 84.1 cm³/mol. The van der Waals surface area contributed by atoms with Crippen LogP contribution in [-0.4, -0.2) is 24.4 Å². The van der Waals surface area contributed by atoms with E-state index in [1.54, 1.807) is 37.5 Å². The van der Waals surface area contributed by atoms with E-state index in [4.69, 9.17) is 4.74 Å². The molecule has 21 heavy (non-hydrogen) atoms. The lowest BCUT2D eigenvalue weighted by Gasteiger charge is -2.09. The first kappa shape index (κ1) is 15.0. The second-order valence-corrected chi connectivity index (χ2v) is 4.71. The molecule has 0 unspecified atom stereocenters. The quantitative estimate of drug-likeness (QED) is 0.624. The zero-order valence-corrected chi connectivity index (χ0v) is 12.4. The van der Waals surface area contributed by atoms with Crippen LogP contribution in [0.5, 0.6) is 5.75 Å². The van der Waals surface area contributed by atoms with Crippen molar-refractivity contribution in [3.63, 3.8) is 0 Å². The zero-order valence-electron chi connectivity index (χ0n) is 12.4. The fourth-order valence-corrected chi connectivity index (χ4v) is 2.00. The van der Waals surface area contributed by atoms with Crippen LogP contribution in [0.15, 0.2) is 42.6 Å². The molecule has 0 amide bonds. The van der Waals surface area contributed by atoms with Crippen LogP contribution in [0.25, 0.3) is 0 Å². The fourth-order valence-electron chi connectivity index (χ4n) is 2.00. The van der Waals surface area contributed by atoms with E-state index in [0.717, 1.165) is 18.6 Å². The molecule has 1 aromatic carbocycles. The first-order valence-electron chi connectivity index (χ1n) is 7.16. The van der Waals surface area contributed by atoms with Gasteiger partial charge in [0.15, 0.2) is 5.78 Å². The highest BCUT2D eigenvalue weighted by Crippen LogP contribution is 2.20. The van der Waals surface area contributed by atoms with Crippen molar-refractivity contribution in [3.8, 4) is 5.75 Å². The Hall–Kier alpha value is -2.36. The van der Waals surface area contributed by atoms with Gasteiger partial charge in [0.25, 0.3) is 0 Å². The van der Waals surface area contributed by atoms with Crippen LogP contribution in [0.4, 0.5) is 5.82 Å². The van der Waals surface area contributed by atoms with Crippen molar-refractivity contribution < 1.29 is 9.53 Å². The maximum atomic E-state index is 12.6. The van der Waals surface area contributed by atoms with Gasteiger partial charge in [-0.3, -0.25) is 4.79 Å². The lowest BCUT2D eigenvalue weighted by atomic mass is 10.0. The van der Waals surface area contributed by atoms with E-state index < -0.39 is 0 Å². The highest BCUT2D eigenvalue weighted by molar-refractivity contribution is 6.11. The molecular formula is C17H20N2O2. The molecule has 4 nitrogen and oxygen atoms in total. The molecule has 0 aliphatic carbocycles. The summed E-state index contributed by atoms with van der Waals surface area (Å²) < 4.78 is 5.65. The number of carbonyl (C=O) groups excluding carboxylic acids is 1. The Kier molecular flexibility index (Phi) is 5.32. The average molecular weight is 284 g/mol. The molecule has 110 valence electrons. The van der Waals surface area contributed by atoms with Crippen molar-refractivity contribution in [1.29, 1.82) is 0 Å². The van der Waals surface area contributed by atoms with E-state index in [2.05, 4.69) is 17.2 Å². The Bertz CT molecular complexity index is 611. The lowest BCUT2D eigenvalue weighted by Crippen LogP contribution is -2.07. The maximum Gasteiger partial charge on any atom is 0.196 e. The van der Waals surface area contributed by atoms with Gasteiger partial charge in [0.2, 0.25) is 0 Å². The highest BCUT2D eigenvalue weighted by atomic mass is 16.5. The van der Waals surface area contributed by atoms with E-state index >= 15 is 0 Å². The molecule has 4 heteroatoms. The Balaban J connectivity index is 2.21. The third-order valence-electron chi connectivity index (χ3n) is 3.15. The van der Waals surface area contributed by atoms with E-state index in [1.165, 1.54) is 0 Å². The summed E-state index contributed by atoms with van der Waals surface area (Å²) in [5.74, 6) is 1.25. The maximum absolute atomic E-state index is 12.6. The monoisotopic (exact) mass is 284 g/mol. The first-order chi connectivity index (χ1) is 10.3. The van der Waals surface area contributed by atoms with Gasteiger partial charge < -0.3 is 10.1 Å². The molecule has 0 radical (unpaired) electrons. The molecule has 2 rings (SSSR count). The van der Waals surface area contributed by atoms with Gasteiger partial charge >= 0.3 is 0 Å². The number of nitrogens with one attached hydrogen (secondary N) is 1. The second-order valence-electron chi connectivity index (χ2n) is 4.71. The molecule has 2 aromatic rings. The molecule has 0 saturated heterocycles. The van der Waals surface area contributed by atoms with Gasteiger partial charge in [0.1, 0.15) is 11.6 Å². The average Bonchev–Trinajstić information content (AvgIpc) is 2.54. The Morgan fingerprint density at radius 3 is 2.90 bits per heavy atom. The van der Waals surface area contributed by atoms with Crippen molar-refractivity contribution in [3.05, 3.63) is 53.7 Å². The van der Waals surface area contributed by atoms with Crippen LogP contribution in [0, 0.1) is 0 Å². The summed E-state index contributed by atoms with van der Waals surface area (Å²) in [6.45, 7) is 2.79. The number of hydrogen-bond donors (Lipinski definition) is 1. The Morgan fingerprint density at radius 2 is 2.14 bits per heavy atom. The Morgan fingerprint density at radius 1 is 1.29 bits per heavy atom. The molecule has 1 N–H and O–H groups in total. The number of unbranched alkanes of at least 4 members (excludes halogenated alkanes) is 1. The van der Waals surface area contributed by atoms with E-state index in [9.17, 15) is 4.79 Å². The zero-order chi connectivity index (χ0) is 15.1. The van der Waals surface area contributed by atoms with Crippen molar-refractivity contribution in [1.82, 2.24) is 4.98 Å². The molecule has 0 fully saturated rings. The summed E-state index contributed by atoms with van der Waals surface area (Å²) in [6, 6.07) is 10.8. The third kappa shape index (κ3) is 3.81. The molecule has 0 spiro atoms. The summed E-state index contributed by atoms with van der Waals surface area (Å²) in [5.41, 5.74) is 1.17. The standard InChI is InChI=1S/C17H20N2O2/c1-3-4-11-21-14-8-5-7-13(12-14)16(20)15-9-6-10-19-17(15)18-2/h5-10,12H,3-4,11H2,1-2H3,(H,18,19). The molecule has 1 aromatic heterocycles. The largest absolute Gasteiger partial charge is 0.494 e. The number of benzene rings is 1. The van der Waals surface area contributed by atoms with Crippen LogP contribution in [-0.2, 0) is 0 Å². The summed E-state index contributed by atoms with van der Waals surface area (Å²) in [6.07, 6.45) is 3.75. The number of rotatable bonds is 7. The first-order valence-corrected chi connectivity index (χ1v) is 7.16. The van der Waals surface area contributed by atoms with E-state index in [0.29, 0.717) is 23.6 Å². The molecule has 0 saturated carbocycles. The van der Waals surface area contributed by atoms with Crippen LogP contribution in [0.2, 0.25) is 0 Å². The van der Waals surface area contributed by atoms with Crippen LogP contribution < -0.4 is 10.1 Å². The normalized spacial score (nSPS) is 10.2. The van der Waals surface area contributed by atoms with Gasteiger partial charge in [-0.2, -0.15) is 0 Å². The second kappa shape index (κ2) is 7.43. The summed E-state index contributed by atoms with van der Waals surface area (Å²) in [7, 11) is 1.75. The number of hydrogen-bond acceptors (Lipinski definition) is 4. The number of pyridine rings is 1. The molecule has 0 aliphatic heterocycles. The van der Waals surface area contributed by atoms with Crippen LogP contribution >= 0.6 is 0 Å². The van der Waals surface area contributed by atoms with Gasteiger partial charge in [0.05, 0.1) is 12.2 Å². The highest BCUT2D eigenvalue weighted by Gasteiger charge is 2.14. The topological polar surface area (TPSA) is 51.2 Å². The van der Waals surface area contributed by atoms with E-state index in [-0.39, 0.29) is 5.78 Å².